The van der Waals surface area contributed by atoms with Gasteiger partial charge in [-0.3, -0.25) is 0 Å². The van der Waals surface area contributed by atoms with Gasteiger partial charge in [0.1, 0.15) is 0 Å². The van der Waals surface area contributed by atoms with Crippen molar-refractivity contribution in [2.75, 3.05) is 0 Å². The van der Waals surface area contributed by atoms with Crippen LogP contribution in [0.5, 0.6) is 0 Å². The van der Waals surface area contributed by atoms with Gasteiger partial charge in [-0.1, -0.05) is 15.9 Å². The fraction of sp³-hybridized carbons (Fsp3) is 0.111. The van der Waals surface area contributed by atoms with E-state index in [1.807, 2.05) is 11.3 Å². The lowest BCUT2D eigenvalue weighted by atomic mass is 10.2. The van der Waals surface area contributed by atoms with Crippen LogP contribution in [0.4, 0.5) is 0 Å². The summed E-state index contributed by atoms with van der Waals surface area (Å²) in [4.78, 5) is 1.37. The van der Waals surface area contributed by atoms with Gasteiger partial charge >= 0.3 is 0 Å². The zero-order valence-electron chi connectivity index (χ0n) is 6.40. The molecule has 0 saturated heterocycles. The topological polar surface area (TPSA) is 0 Å². The Labute approximate surface area is 97.2 Å². The summed E-state index contributed by atoms with van der Waals surface area (Å²) in [5.41, 5.74) is 0. The predicted octanol–water partition coefficient (Wildman–Crippen LogP) is 4.58. The minimum Gasteiger partial charge on any atom is -0.139 e. The van der Waals surface area contributed by atoms with Gasteiger partial charge in [0.15, 0.2) is 0 Å². The van der Waals surface area contributed by atoms with Crippen molar-refractivity contribution in [2.45, 2.75) is 6.92 Å². The molecule has 3 heteroatoms. The maximum Gasteiger partial charge on any atom is 0.0490 e. The molecule has 1 aromatic heterocycles. The molecule has 0 unspecified atom stereocenters. The van der Waals surface area contributed by atoms with Crippen LogP contribution in [0.25, 0.3) is 10.1 Å². The normalized spacial score (nSPS) is 10.9. The maximum atomic E-state index is 3.55. The van der Waals surface area contributed by atoms with Gasteiger partial charge in [0.2, 0.25) is 0 Å². The molecule has 0 aliphatic heterocycles. The summed E-state index contributed by atoms with van der Waals surface area (Å²) in [6, 6.07) is 6.48. The van der Waals surface area contributed by atoms with Gasteiger partial charge in [-0.25, -0.2) is 0 Å². The lowest BCUT2D eigenvalue weighted by Crippen LogP contribution is -1.71. The standard InChI is InChI=1S/C9H6BrIS/c1-5-4-6-7(10)2-3-8(11)9(6)12-5/h2-4H,1H3. The first-order chi connectivity index (χ1) is 5.68. The molecular weight excluding hydrogens is 347 g/mol. The third-order valence-electron chi connectivity index (χ3n) is 1.71. The smallest absolute Gasteiger partial charge is 0.0490 e. The van der Waals surface area contributed by atoms with E-state index in [1.54, 1.807) is 0 Å². The average Bonchev–Trinajstić information content (AvgIpc) is 2.41. The van der Waals surface area contributed by atoms with Gasteiger partial charge in [-0.2, -0.15) is 0 Å². The van der Waals surface area contributed by atoms with Crippen LogP contribution in [0.3, 0.4) is 0 Å². The van der Waals surface area contributed by atoms with Crippen molar-refractivity contribution >= 4 is 59.9 Å². The van der Waals surface area contributed by atoms with E-state index in [0.29, 0.717) is 0 Å². The number of hydrogen-bond acceptors (Lipinski definition) is 1. The highest BCUT2D eigenvalue weighted by Crippen LogP contribution is 2.34. The highest BCUT2D eigenvalue weighted by Gasteiger charge is 2.04. The average molecular weight is 353 g/mol. The van der Waals surface area contributed by atoms with Gasteiger partial charge in [-0.15, -0.1) is 11.3 Å². The molecule has 0 amide bonds. The zero-order chi connectivity index (χ0) is 8.72. The molecule has 0 aliphatic rings. The number of fused-ring (bicyclic) bond motifs is 1. The molecule has 0 atom stereocenters. The SMILES string of the molecule is Cc1cc2c(Br)ccc(I)c2s1. The van der Waals surface area contributed by atoms with Crippen molar-refractivity contribution in [3.05, 3.63) is 31.1 Å². The molecule has 2 aromatic rings. The number of thiophene rings is 1. The second kappa shape index (κ2) is 3.27. The number of rotatable bonds is 0. The third-order valence-corrected chi connectivity index (χ3v) is 4.75. The molecule has 0 fully saturated rings. The second-order valence-electron chi connectivity index (χ2n) is 2.63. The van der Waals surface area contributed by atoms with Gasteiger partial charge in [0, 0.05) is 23.0 Å². The highest BCUT2D eigenvalue weighted by molar-refractivity contribution is 14.1. The zero-order valence-corrected chi connectivity index (χ0v) is 11.0. The first-order valence-electron chi connectivity index (χ1n) is 3.52. The Morgan fingerprint density at radius 1 is 1.42 bits per heavy atom. The van der Waals surface area contributed by atoms with Crippen molar-refractivity contribution in [2.24, 2.45) is 0 Å². The van der Waals surface area contributed by atoms with Crippen LogP contribution >= 0.6 is 49.9 Å². The summed E-state index contributed by atoms with van der Waals surface area (Å²) in [7, 11) is 0. The largest absolute Gasteiger partial charge is 0.139 e. The molecule has 2 rings (SSSR count). The fourth-order valence-electron chi connectivity index (χ4n) is 1.18. The van der Waals surface area contributed by atoms with Crippen LogP contribution in [-0.2, 0) is 0 Å². The number of aryl methyl sites for hydroxylation is 1. The van der Waals surface area contributed by atoms with E-state index in [-0.39, 0.29) is 0 Å². The summed E-state index contributed by atoms with van der Waals surface area (Å²) < 4.78 is 3.92. The molecule has 0 nitrogen and oxygen atoms in total. The summed E-state index contributed by atoms with van der Waals surface area (Å²) in [5, 5.41) is 1.34. The van der Waals surface area contributed by atoms with E-state index in [4.69, 9.17) is 0 Å². The van der Waals surface area contributed by atoms with Crippen LogP contribution in [0.2, 0.25) is 0 Å². The van der Waals surface area contributed by atoms with Crippen LogP contribution in [0.1, 0.15) is 4.88 Å². The number of hydrogen-bond donors (Lipinski definition) is 0. The molecule has 0 N–H and O–H groups in total. The fourth-order valence-corrected chi connectivity index (χ4v) is 3.50. The van der Waals surface area contributed by atoms with Crippen LogP contribution in [0.15, 0.2) is 22.7 Å². The second-order valence-corrected chi connectivity index (χ2v) is 5.90. The van der Waals surface area contributed by atoms with Crippen molar-refractivity contribution < 1.29 is 0 Å². The Morgan fingerprint density at radius 3 is 2.83 bits per heavy atom. The molecule has 62 valence electrons. The highest BCUT2D eigenvalue weighted by atomic mass is 127. The van der Waals surface area contributed by atoms with E-state index in [2.05, 4.69) is 63.6 Å². The molecule has 12 heavy (non-hydrogen) atoms. The van der Waals surface area contributed by atoms with Crippen molar-refractivity contribution in [1.29, 1.82) is 0 Å². The van der Waals surface area contributed by atoms with Crippen LogP contribution in [0, 0.1) is 10.5 Å². The Hall–Kier alpha value is 0.390. The quantitative estimate of drug-likeness (QED) is 0.609. The van der Waals surface area contributed by atoms with E-state index >= 15 is 0 Å². The monoisotopic (exact) mass is 352 g/mol. The van der Waals surface area contributed by atoms with Crippen molar-refractivity contribution in [1.82, 2.24) is 0 Å². The molecule has 0 radical (unpaired) electrons. The Morgan fingerprint density at radius 2 is 2.17 bits per heavy atom. The minimum atomic E-state index is 1.20. The molecule has 0 bridgehead atoms. The first kappa shape index (κ1) is 8.97. The molecule has 1 aromatic carbocycles. The van der Waals surface area contributed by atoms with Gasteiger partial charge in [0.05, 0.1) is 0 Å². The Balaban J connectivity index is 2.93. The van der Waals surface area contributed by atoms with Crippen LogP contribution in [-0.4, -0.2) is 0 Å². The van der Waals surface area contributed by atoms with Gasteiger partial charge in [0.25, 0.3) is 0 Å². The van der Waals surface area contributed by atoms with E-state index in [1.165, 1.54) is 23.0 Å². The maximum absolute atomic E-state index is 3.55. The molecule has 1 heterocycles. The number of halogens is 2. The van der Waals surface area contributed by atoms with Gasteiger partial charge < -0.3 is 0 Å². The van der Waals surface area contributed by atoms with Gasteiger partial charge in [-0.05, 0) is 47.7 Å². The molecular formula is C9H6BrIS. The lowest BCUT2D eigenvalue weighted by Gasteiger charge is -1.95. The predicted molar refractivity (Wildman–Crippen MR) is 67.0 cm³/mol. The van der Waals surface area contributed by atoms with E-state index in [9.17, 15) is 0 Å². The lowest BCUT2D eigenvalue weighted by molar-refractivity contribution is 1.65. The molecule has 0 saturated carbocycles. The van der Waals surface area contributed by atoms with E-state index < -0.39 is 0 Å². The summed E-state index contributed by atoms with van der Waals surface area (Å²) >= 11 is 7.78. The van der Waals surface area contributed by atoms with Crippen LogP contribution < -0.4 is 0 Å². The van der Waals surface area contributed by atoms with Crippen molar-refractivity contribution in [3.8, 4) is 0 Å². The summed E-state index contributed by atoms with van der Waals surface area (Å²) in [6.45, 7) is 2.15. The van der Waals surface area contributed by atoms with Crippen molar-refractivity contribution in [3.63, 3.8) is 0 Å². The summed E-state index contributed by atoms with van der Waals surface area (Å²) in [5.74, 6) is 0. The molecule has 0 aliphatic carbocycles. The first-order valence-corrected chi connectivity index (χ1v) is 6.21. The summed E-state index contributed by atoms with van der Waals surface area (Å²) in [6.07, 6.45) is 0. The van der Waals surface area contributed by atoms with E-state index in [0.717, 1.165) is 0 Å². The third kappa shape index (κ3) is 1.42. The minimum absolute atomic E-state index is 1.20. The number of benzene rings is 1. The Kier molecular flexibility index (Phi) is 2.44. The molecule has 0 spiro atoms. The Bertz CT molecular complexity index is 394.